The molecule has 2 aliphatic heterocycles. The Morgan fingerprint density at radius 1 is 1.38 bits per heavy atom. The number of nitrogens with zero attached hydrogens (tertiary/aromatic N) is 2. The molecule has 88 valence electrons. The highest BCUT2D eigenvalue weighted by molar-refractivity contribution is 6.02. The number of carbonyl (C=O) groups excluding carboxylic acids is 2. The lowest BCUT2D eigenvalue weighted by Crippen LogP contribution is -2.60. The molecule has 0 bridgehead atoms. The summed E-state index contributed by atoms with van der Waals surface area (Å²) in [5.41, 5.74) is 0. The molecule has 2 rings (SSSR count). The largest absolute Gasteiger partial charge is 0.312 e. The molecule has 16 heavy (non-hydrogen) atoms. The van der Waals surface area contributed by atoms with Gasteiger partial charge in [0.05, 0.1) is 0 Å². The number of hydrogen-bond donors (Lipinski definition) is 1. The van der Waals surface area contributed by atoms with Gasteiger partial charge < -0.3 is 5.32 Å². The minimum Gasteiger partial charge on any atom is -0.312 e. The Kier molecular flexibility index (Phi) is 3.36. The van der Waals surface area contributed by atoms with Gasteiger partial charge in [0.2, 0.25) is 11.8 Å². The summed E-state index contributed by atoms with van der Waals surface area (Å²) >= 11 is 0. The zero-order valence-electron chi connectivity index (χ0n) is 9.32. The van der Waals surface area contributed by atoms with E-state index in [1.807, 2.05) is 6.08 Å². The van der Waals surface area contributed by atoms with Crippen molar-refractivity contribution < 1.29 is 9.59 Å². The third-order valence-corrected chi connectivity index (χ3v) is 3.08. The predicted octanol–water partition coefficient (Wildman–Crippen LogP) is -0.447. The number of likely N-dealkylation sites (tertiary alicyclic amines) is 1. The summed E-state index contributed by atoms with van der Waals surface area (Å²) in [5, 5.41) is 3.22. The van der Waals surface area contributed by atoms with Crippen LogP contribution in [0.4, 0.5) is 0 Å². The number of rotatable bonds is 3. The summed E-state index contributed by atoms with van der Waals surface area (Å²) in [6.07, 6.45) is 2.40. The third kappa shape index (κ3) is 2.01. The highest BCUT2D eigenvalue weighted by atomic mass is 16.2. The molecule has 2 fully saturated rings. The van der Waals surface area contributed by atoms with Crippen molar-refractivity contribution in [2.75, 3.05) is 26.2 Å². The zero-order valence-corrected chi connectivity index (χ0v) is 9.32. The van der Waals surface area contributed by atoms with E-state index in [9.17, 15) is 9.59 Å². The molecular weight excluding hydrogens is 206 g/mol. The van der Waals surface area contributed by atoms with Gasteiger partial charge in [0, 0.05) is 39.0 Å². The Morgan fingerprint density at radius 2 is 2.06 bits per heavy atom. The van der Waals surface area contributed by atoms with Gasteiger partial charge in [-0.1, -0.05) is 6.08 Å². The first-order valence-corrected chi connectivity index (χ1v) is 5.64. The van der Waals surface area contributed by atoms with Crippen molar-refractivity contribution in [3.8, 4) is 0 Å². The van der Waals surface area contributed by atoms with E-state index < -0.39 is 0 Å². The average molecular weight is 223 g/mol. The molecule has 2 aliphatic rings. The Labute approximate surface area is 95.1 Å². The van der Waals surface area contributed by atoms with Gasteiger partial charge >= 0.3 is 0 Å². The standard InChI is InChI=1S/C11H17N3O2/c1-2-6-13-7-5-12-8-9(13)14-10(15)3-4-11(14)16/h2,9,12H,1,3-8H2. The average Bonchev–Trinajstić information content (AvgIpc) is 2.60. The normalized spacial score (nSPS) is 27.5. The maximum absolute atomic E-state index is 11.7. The molecule has 0 aliphatic carbocycles. The first-order chi connectivity index (χ1) is 7.74. The summed E-state index contributed by atoms with van der Waals surface area (Å²) in [6, 6.07) is 0. The van der Waals surface area contributed by atoms with Crippen molar-refractivity contribution in [1.82, 2.24) is 15.1 Å². The van der Waals surface area contributed by atoms with Crippen molar-refractivity contribution in [1.29, 1.82) is 0 Å². The molecule has 0 saturated carbocycles. The van der Waals surface area contributed by atoms with Crippen LogP contribution in [0.25, 0.3) is 0 Å². The third-order valence-electron chi connectivity index (χ3n) is 3.08. The fraction of sp³-hybridized carbons (Fsp3) is 0.636. The maximum Gasteiger partial charge on any atom is 0.231 e. The molecule has 0 aromatic heterocycles. The topological polar surface area (TPSA) is 52.6 Å². The summed E-state index contributed by atoms with van der Waals surface area (Å²) < 4.78 is 0. The van der Waals surface area contributed by atoms with Gasteiger partial charge in [0.15, 0.2) is 0 Å². The second-order valence-corrected chi connectivity index (χ2v) is 4.13. The fourth-order valence-electron chi connectivity index (χ4n) is 2.29. The number of imide groups is 1. The Balaban J connectivity index is 2.12. The molecule has 1 unspecified atom stereocenters. The molecule has 0 spiro atoms. The van der Waals surface area contributed by atoms with Crippen LogP contribution in [0.15, 0.2) is 12.7 Å². The molecule has 2 amide bonds. The van der Waals surface area contributed by atoms with Gasteiger partial charge in [-0.25, -0.2) is 0 Å². The number of carbonyl (C=O) groups is 2. The molecular formula is C11H17N3O2. The fourth-order valence-corrected chi connectivity index (χ4v) is 2.29. The monoisotopic (exact) mass is 223 g/mol. The van der Waals surface area contributed by atoms with Gasteiger partial charge in [-0.05, 0) is 0 Å². The molecule has 2 saturated heterocycles. The van der Waals surface area contributed by atoms with Gasteiger partial charge in [-0.3, -0.25) is 19.4 Å². The Morgan fingerprint density at radius 3 is 2.69 bits per heavy atom. The predicted molar refractivity (Wildman–Crippen MR) is 59.5 cm³/mol. The lowest BCUT2D eigenvalue weighted by Gasteiger charge is -2.39. The highest BCUT2D eigenvalue weighted by Crippen LogP contribution is 2.18. The van der Waals surface area contributed by atoms with Crippen LogP contribution in [-0.4, -0.2) is 54.0 Å². The molecule has 5 heteroatoms. The van der Waals surface area contributed by atoms with Crippen LogP contribution in [0.3, 0.4) is 0 Å². The SMILES string of the molecule is C=CCN1CCNCC1N1C(=O)CCC1=O. The van der Waals surface area contributed by atoms with Gasteiger partial charge in [-0.15, -0.1) is 6.58 Å². The van der Waals surface area contributed by atoms with E-state index in [4.69, 9.17) is 0 Å². The minimum atomic E-state index is -0.130. The maximum atomic E-state index is 11.7. The Bertz CT molecular complexity index is 300. The van der Waals surface area contributed by atoms with Crippen molar-refractivity contribution in [2.45, 2.75) is 19.0 Å². The van der Waals surface area contributed by atoms with Gasteiger partial charge in [-0.2, -0.15) is 0 Å². The van der Waals surface area contributed by atoms with Crippen LogP contribution in [0.2, 0.25) is 0 Å². The molecule has 1 atom stereocenters. The van der Waals surface area contributed by atoms with Gasteiger partial charge in [0.1, 0.15) is 6.17 Å². The van der Waals surface area contributed by atoms with E-state index in [1.165, 1.54) is 4.90 Å². The summed E-state index contributed by atoms with van der Waals surface area (Å²) in [6.45, 7) is 6.80. The Hall–Kier alpha value is -1.20. The van der Waals surface area contributed by atoms with Crippen LogP contribution in [0.1, 0.15) is 12.8 Å². The highest BCUT2D eigenvalue weighted by Gasteiger charge is 2.38. The van der Waals surface area contributed by atoms with E-state index >= 15 is 0 Å². The molecule has 0 aromatic carbocycles. The molecule has 5 nitrogen and oxygen atoms in total. The smallest absolute Gasteiger partial charge is 0.231 e. The summed E-state index contributed by atoms with van der Waals surface area (Å²) in [7, 11) is 0. The zero-order chi connectivity index (χ0) is 11.5. The quantitative estimate of drug-likeness (QED) is 0.520. The van der Waals surface area contributed by atoms with Crippen molar-refractivity contribution in [3.05, 3.63) is 12.7 Å². The van der Waals surface area contributed by atoms with Crippen LogP contribution in [0.5, 0.6) is 0 Å². The number of piperazine rings is 1. The summed E-state index contributed by atoms with van der Waals surface area (Å²) in [4.78, 5) is 26.8. The van der Waals surface area contributed by atoms with Crippen molar-refractivity contribution >= 4 is 11.8 Å². The van der Waals surface area contributed by atoms with Gasteiger partial charge in [0.25, 0.3) is 0 Å². The van der Waals surface area contributed by atoms with E-state index in [-0.39, 0.29) is 18.0 Å². The molecule has 0 radical (unpaired) electrons. The second-order valence-electron chi connectivity index (χ2n) is 4.13. The second kappa shape index (κ2) is 4.76. The van der Waals surface area contributed by atoms with E-state index in [2.05, 4.69) is 16.8 Å². The van der Waals surface area contributed by atoms with E-state index in [1.54, 1.807) is 0 Å². The van der Waals surface area contributed by atoms with E-state index in [0.29, 0.717) is 25.9 Å². The van der Waals surface area contributed by atoms with Crippen LogP contribution < -0.4 is 5.32 Å². The van der Waals surface area contributed by atoms with Crippen molar-refractivity contribution in [3.63, 3.8) is 0 Å². The number of amides is 2. The molecule has 1 N–H and O–H groups in total. The van der Waals surface area contributed by atoms with Crippen LogP contribution in [0, 0.1) is 0 Å². The first kappa shape index (κ1) is 11.3. The van der Waals surface area contributed by atoms with E-state index in [0.717, 1.165) is 13.1 Å². The first-order valence-electron chi connectivity index (χ1n) is 5.64. The number of hydrogen-bond acceptors (Lipinski definition) is 4. The minimum absolute atomic E-state index is 0.0484. The van der Waals surface area contributed by atoms with Crippen molar-refractivity contribution in [2.24, 2.45) is 0 Å². The van der Waals surface area contributed by atoms with Crippen LogP contribution >= 0.6 is 0 Å². The van der Waals surface area contributed by atoms with Crippen LogP contribution in [-0.2, 0) is 9.59 Å². The number of nitrogens with one attached hydrogen (secondary N) is 1. The lowest BCUT2D eigenvalue weighted by atomic mass is 10.2. The summed E-state index contributed by atoms with van der Waals surface area (Å²) in [5.74, 6) is -0.0967. The lowest BCUT2D eigenvalue weighted by molar-refractivity contribution is -0.146. The molecule has 0 aromatic rings. The molecule has 2 heterocycles.